The van der Waals surface area contributed by atoms with E-state index in [4.69, 9.17) is 4.42 Å². The summed E-state index contributed by atoms with van der Waals surface area (Å²) in [5, 5.41) is 22.1. The second-order valence-electron chi connectivity index (χ2n) is 10.7. The van der Waals surface area contributed by atoms with E-state index >= 15 is 0 Å². The van der Waals surface area contributed by atoms with Crippen molar-refractivity contribution in [3.63, 3.8) is 0 Å². The Hall–Kier alpha value is -5.29. The monoisotopic (exact) mass is 554 g/mol. The highest BCUT2D eigenvalue weighted by Gasteiger charge is 2.30. The van der Waals surface area contributed by atoms with Crippen molar-refractivity contribution in [2.24, 2.45) is 0 Å². The molecule has 0 radical (unpaired) electrons. The van der Waals surface area contributed by atoms with E-state index in [9.17, 15) is 10.5 Å². The number of allylic oxidation sites excluding steroid dienone is 3. The molecule has 0 saturated carbocycles. The molecule has 1 aliphatic heterocycles. The molecule has 5 aromatic carbocycles. The van der Waals surface area contributed by atoms with Gasteiger partial charge in [0.25, 0.3) is 0 Å². The lowest BCUT2D eigenvalue weighted by Crippen LogP contribution is -2.04. The van der Waals surface area contributed by atoms with Gasteiger partial charge in [-0.3, -0.25) is 0 Å². The largest absolute Gasteiger partial charge is 0.456 e. The molecular formula is C38H22N2OS. The molecule has 196 valence electrons. The average molecular weight is 555 g/mol. The first-order valence-electron chi connectivity index (χ1n) is 13.9. The van der Waals surface area contributed by atoms with Crippen LogP contribution in [0.5, 0.6) is 0 Å². The fraction of sp³-hybridized carbons (Fsp3) is 0.0526. The van der Waals surface area contributed by atoms with E-state index in [0.717, 1.165) is 56.2 Å². The number of hydrogen-bond donors (Lipinski definition) is 0. The first-order chi connectivity index (χ1) is 20.7. The molecule has 1 aromatic heterocycles. The van der Waals surface area contributed by atoms with Gasteiger partial charge in [-0.25, -0.2) is 0 Å². The Morgan fingerprint density at radius 3 is 2.26 bits per heavy atom. The molecule has 4 heteroatoms. The number of benzene rings is 5. The van der Waals surface area contributed by atoms with Crippen molar-refractivity contribution in [2.45, 2.75) is 16.6 Å². The standard InChI is InChI=1S/C38H22N2OS/c39-21-23-16-24(22-40)18-27(17-23)29-9-5-8-28(25-13-15-37-33(19-25)31-7-2-4-11-36(31)42-37)38(29)26-12-14-35-32(20-26)30-6-1-3-10-34(30)41-35/h1-14,16-20,37H,15H2. The summed E-state index contributed by atoms with van der Waals surface area (Å²) in [4.78, 5) is 1.34. The summed E-state index contributed by atoms with van der Waals surface area (Å²) in [7, 11) is 0. The second-order valence-corrected chi connectivity index (χ2v) is 11.9. The number of para-hydroxylation sites is 1. The fourth-order valence-electron chi connectivity index (χ4n) is 6.33. The maximum Gasteiger partial charge on any atom is 0.135 e. The van der Waals surface area contributed by atoms with Crippen molar-refractivity contribution in [3.8, 4) is 34.4 Å². The van der Waals surface area contributed by atoms with E-state index in [1.54, 1.807) is 6.07 Å². The third-order valence-corrected chi connectivity index (χ3v) is 9.56. The molecule has 1 aliphatic carbocycles. The first kappa shape index (κ1) is 24.5. The summed E-state index contributed by atoms with van der Waals surface area (Å²) < 4.78 is 6.15. The van der Waals surface area contributed by atoms with Crippen LogP contribution in [0.15, 0.2) is 125 Å². The van der Waals surface area contributed by atoms with Crippen LogP contribution in [-0.2, 0) is 0 Å². The third kappa shape index (κ3) is 3.89. The molecule has 0 saturated heterocycles. The molecule has 8 rings (SSSR count). The van der Waals surface area contributed by atoms with Crippen LogP contribution in [0.3, 0.4) is 0 Å². The maximum absolute atomic E-state index is 9.75. The topological polar surface area (TPSA) is 60.7 Å². The van der Waals surface area contributed by atoms with Crippen LogP contribution in [-0.4, -0.2) is 5.25 Å². The van der Waals surface area contributed by atoms with E-state index in [0.29, 0.717) is 16.4 Å². The highest BCUT2D eigenvalue weighted by molar-refractivity contribution is 8.00. The number of hydrogen-bond acceptors (Lipinski definition) is 4. The SMILES string of the molecule is N#Cc1cc(C#N)cc(-c2cccc(C3=CCC4Sc5ccccc5C4=C3)c2-c2ccc3oc4ccccc4c3c2)c1. The van der Waals surface area contributed by atoms with Gasteiger partial charge in [-0.2, -0.15) is 10.5 Å². The van der Waals surface area contributed by atoms with Crippen molar-refractivity contribution < 1.29 is 4.42 Å². The Morgan fingerprint density at radius 1 is 0.667 bits per heavy atom. The van der Waals surface area contributed by atoms with E-state index in [1.807, 2.05) is 48.2 Å². The number of furan rings is 1. The van der Waals surface area contributed by atoms with E-state index in [1.165, 1.54) is 21.6 Å². The van der Waals surface area contributed by atoms with Crippen LogP contribution in [0, 0.1) is 22.7 Å². The minimum absolute atomic E-state index is 0.428. The molecular weight excluding hydrogens is 532 g/mol. The van der Waals surface area contributed by atoms with Gasteiger partial charge in [-0.1, -0.05) is 66.7 Å². The summed E-state index contributed by atoms with van der Waals surface area (Å²) in [6, 6.07) is 39.4. The second kappa shape index (κ2) is 9.67. The Labute approximate surface area is 247 Å². The summed E-state index contributed by atoms with van der Waals surface area (Å²) in [5.41, 5.74) is 11.6. The predicted octanol–water partition coefficient (Wildman–Crippen LogP) is 10.0. The van der Waals surface area contributed by atoms with Crippen molar-refractivity contribution in [3.05, 3.63) is 138 Å². The molecule has 0 spiro atoms. The normalized spacial score (nSPS) is 15.4. The number of rotatable bonds is 3. The van der Waals surface area contributed by atoms with Crippen LogP contribution in [0.4, 0.5) is 0 Å². The number of fused-ring (bicyclic) bond motifs is 6. The molecule has 2 aliphatic rings. The Bertz CT molecular complexity index is 2210. The van der Waals surface area contributed by atoms with Crippen LogP contribution < -0.4 is 0 Å². The number of thioether (sulfide) groups is 1. The van der Waals surface area contributed by atoms with Gasteiger partial charge in [0.2, 0.25) is 0 Å². The maximum atomic E-state index is 9.75. The van der Waals surface area contributed by atoms with Crippen LogP contribution in [0.25, 0.3) is 55.3 Å². The minimum atomic E-state index is 0.428. The lowest BCUT2D eigenvalue weighted by molar-refractivity contribution is 0.669. The lowest BCUT2D eigenvalue weighted by Gasteiger charge is -2.21. The quantitative estimate of drug-likeness (QED) is 0.218. The van der Waals surface area contributed by atoms with Gasteiger partial charge < -0.3 is 4.42 Å². The van der Waals surface area contributed by atoms with Gasteiger partial charge in [0, 0.05) is 20.9 Å². The van der Waals surface area contributed by atoms with Crippen LogP contribution in [0.1, 0.15) is 28.7 Å². The molecule has 0 N–H and O–H groups in total. The molecule has 6 aromatic rings. The Balaban J connectivity index is 1.39. The van der Waals surface area contributed by atoms with Gasteiger partial charge in [0.15, 0.2) is 0 Å². The van der Waals surface area contributed by atoms with Gasteiger partial charge in [0.1, 0.15) is 11.2 Å². The summed E-state index contributed by atoms with van der Waals surface area (Å²) in [5.74, 6) is 0. The zero-order valence-electron chi connectivity index (χ0n) is 22.5. The Morgan fingerprint density at radius 2 is 1.40 bits per heavy atom. The van der Waals surface area contributed by atoms with Crippen molar-refractivity contribution >= 4 is 44.8 Å². The van der Waals surface area contributed by atoms with Crippen molar-refractivity contribution in [2.75, 3.05) is 0 Å². The third-order valence-electron chi connectivity index (χ3n) is 8.22. The van der Waals surface area contributed by atoms with Crippen molar-refractivity contribution in [1.82, 2.24) is 0 Å². The number of nitriles is 2. The highest BCUT2D eigenvalue weighted by atomic mass is 32.2. The summed E-state index contributed by atoms with van der Waals surface area (Å²) in [6.45, 7) is 0. The summed E-state index contributed by atoms with van der Waals surface area (Å²) >= 11 is 1.95. The van der Waals surface area contributed by atoms with E-state index in [-0.39, 0.29) is 0 Å². The van der Waals surface area contributed by atoms with Crippen LogP contribution in [0.2, 0.25) is 0 Å². The Kier molecular flexibility index (Phi) is 5.64. The van der Waals surface area contributed by atoms with Gasteiger partial charge in [-0.05, 0) is 99.5 Å². The minimum Gasteiger partial charge on any atom is -0.456 e. The summed E-state index contributed by atoms with van der Waals surface area (Å²) in [6.07, 6.45) is 5.67. The molecule has 0 amide bonds. The molecule has 1 unspecified atom stereocenters. The first-order valence-corrected chi connectivity index (χ1v) is 14.8. The zero-order valence-corrected chi connectivity index (χ0v) is 23.3. The molecule has 0 fully saturated rings. The lowest BCUT2D eigenvalue weighted by atomic mass is 9.83. The zero-order chi connectivity index (χ0) is 28.2. The predicted molar refractivity (Wildman–Crippen MR) is 171 cm³/mol. The highest BCUT2D eigenvalue weighted by Crippen LogP contribution is 2.50. The molecule has 3 nitrogen and oxygen atoms in total. The smallest absolute Gasteiger partial charge is 0.135 e. The van der Waals surface area contributed by atoms with Crippen molar-refractivity contribution in [1.29, 1.82) is 10.5 Å². The molecule has 1 atom stereocenters. The molecule has 42 heavy (non-hydrogen) atoms. The van der Waals surface area contributed by atoms with E-state index in [2.05, 4.69) is 85.0 Å². The fourth-order valence-corrected chi connectivity index (χ4v) is 7.62. The van der Waals surface area contributed by atoms with Gasteiger partial charge in [-0.15, -0.1) is 11.8 Å². The van der Waals surface area contributed by atoms with Gasteiger partial charge in [0.05, 0.1) is 23.3 Å². The number of nitrogens with zero attached hydrogens (tertiary/aromatic N) is 2. The van der Waals surface area contributed by atoms with Crippen LogP contribution >= 0.6 is 11.8 Å². The van der Waals surface area contributed by atoms with E-state index < -0.39 is 0 Å². The molecule has 0 bridgehead atoms. The van der Waals surface area contributed by atoms with Gasteiger partial charge >= 0.3 is 0 Å². The molecule has 2 heterocycles. The average Bonchev–Trinajstić information content (AvgIpc) is 3.61.